The molecule has 0 radical (unpaired) electrons. The molecule has 4 nitrogen and oxygen atoms in total. The molecule has 88 valence electrons. The van der Waals surface area contributed by atoms with Crippen molar-refractivity contribution in [3.05, 3.63) is 47.5 Å². The Morgan fingerprint density at radius 1 is 1.18 bits per heavy atom. The Morgan fingerprint density at radius 2 is 1.71 bits per heavy atom. The summed E-state index contributed by atoms with van der Waals surface area (Å²) in [6.45, 7) is 3.88. The fourth-order valence-electron chi connectivity index (χ4n) is 1.84. The van der Waals surface area contributed by atoms with Crippen molar-refractivity contribution in [1.82, 2.24) is 4.90 Å². The van der Waals surface area contributed by atoms with E-state index in [2.05, 4.69) is 6.58 Å². The first-order valence-electron chi connectivity index (χ1n) is 5.38. The molecular weight excluding hydrogens is 218 g/mol. The third kappa shape index (κ3) is 1.99. The minimum atomic E-state index is -0.287. The zero-order valence-electron chi connectivity index (χ0n) is 9.35. The summed E-state index contributed by atoms with van der Waals surface area (Å²) in [7, 11) is 0. The van der Waals surface area contributed by atoms with Gasteiger partial charge < -0.3 is 5.11 Å². The van der Waals surface area contributed by atoms with Gasteiger partial charge in [-0.25, -0.2) is 0 Å². The van der Waals surface area contributed by atoms with Gasteiger partial charge in [-0.3, -0.25) is 14.5 Å². The van der Waals surface area contributed by atoms with Crippen molar-refractivity contribution in [1.29, 1.82) is 0 Å². The Balaban J connectivity index is 2.22. The molecule has 0 bridgehead atoms. The number of imide groups is 1. The van der Waals surface area contributed by atoms with E-state index < -0.39 is 0 Å². The Morgan fingerprint density at radius 3 is 2.18 bits per heavy atom. The van der Waals surface area contributed by atoms with Gasteiger partial charge in [0.15, 0.2) is 0 Å². The van der Waals surface area contributed by atoms with Crippen molar-refractivity contribution in [2.24, 2.45) is 0 Å². The molecule has 0 atom stereocenters. The zero-order valence-corrected chi connectivity index (χ0v) is 9.35. The number of benzene rings is 1. The maximum Gasteiger partial charge on any atom is 0.261 e. The van der Waals surface area contributed by atoms with Crippen molar-refractivity contribution in [3.63, 3.8) is 0 Å². The van der Waals surface area contributed by atoms with Crippen LogP contribution in [0, 0.1) is 0 Å². The molecule has 2 amide bonds. The van der Waals surface area contributed by atoms with Gasteiger partial charge in [0, 0.05) is 6.61 Å². The third-order valence-electron chi connectivity index (χ3n) is 2.73. The van der Waals surface area contributed by atoms with Crippen LogP contribution in [-0.2, 0) is 0 Å². The number of hydrogen-bond donors (Lipinski definition) is 1. The van der Waals surface area contributed by atoms with Gasteiger partial charge in [0.25, 0.3) is 11.8 Å². The molecule has 4 heteroatoms. The molecule has 1 N–H and O–H groups in total. The second-order valence-electron chi connectivity index (χ2n) is 3.97. The highest BCUT2D eigenvalue weighted by atomic mass is 16.3. The van der Waals surface area contributed by atoms with E-state index in [0.29, 0.717) is 23.1 Å². The van der Waals surface area contributed by atoms with Crippen LogP contribution in [-0.4, -0.2) is 35.0 Å². The summed E-state index contributed by atoms with van der Waals surface area (Å²) in [4.78, 5) is 25.1. The average Bonchev–Trinajstić information content (AvgIpc) is 2.56. The smallest absolute Gasteiger partial charge is 0.261 e. The van der Waals surface area contributed by atoms with Crippen LogP contribution < -0.4 is 0 Å². The van der Waals surface area contributed by atoms with Gasteiger partial charge in [0.2, 0.25) is 0 Å². The van der Waals surface area contributed by atoms with Gasteiger partial charge in [-0.2, -0.15) is 0 Å². The topological polar surface area (TPSA) is 57.6 Å². The van der Waals surface area contributed by atoms with Crippen LogP contribution in [0.1, 0.15) is 27.1 Å². The number of nitrogens with zero attached hydrogens (tertiary/aromatic N) is 1. The number of rotatable bonds is 4. The Labute approximate surface area is 99.2 Å². The summed E-state index contributed by atoms with van der Waals surface area (Å²) >= 11 is 0. The molecule has 1 aromatic rings. The largest absolute Gasteiger partial charge is 0.396 e. The van der Waals surface area contributed by atoms with Crippen molar-refractivity contribution < 1.29 is 14.7 Å². The second-order valence-corrected chi connectivity index (χ2v) is 3.97. The second kappa shape index (κ2) is 4.51. The van der Waals surface area contributed by atoms with Gasteiger partial charge in [0.1, 0.15) is 0 Å². The summed E-state index contributed by atoms with van der Waals surface area (Å²) in [6, 6.07) is 6.75. The Bertz CT molecular complexity index is 458. The number of amides is 2. The number of aliphatic hydroxyl groups excluding tert-OH is 1. The number of fused-ring (bicyclic) bond motifs is 1. The quantitative estimate of drug-likeness (QED) is 0.626. The summed E-state index contributed by atoms with van der Waals surface area (Å²) in [5.41, 5.74) is 1.55. The van der Waals surface area contributed by atoms with Gasteiger partial charge in [-0.05, 0) is 18.6 Å². The monoisotopic (exact) mass is 231 g/mol. The molecule has 0 spiro atoms. The molecule has 1 aromatic carbocycles. The van der Waals surface area contributed by atoms with Crippen LogP contribution in [0.3, 0.4) is 0 Å². The fraction of sp³-hybridized carbons (Fsp3) is 0.231. The maximum absolute atomic E-state index is 11.9. The highest BCUT2D eigenvalue weighted by Gasteiger charge is 2.34. The number of carbonyl (C=O) groups is 2. The van der Waals surface area contributed by atoms with Crippen LogP contribution in [0.25, 0.3) is 0 Å². The minimum Gasteiger partial charge on any atom is -0.396 e. The first-order chi connectivity index (χ1) is 8.15. The van der Waals surface area contributed by atoms with Crippen molar-refractivity contribution in [2.75, 3.05) is 13.2 Å². The van der Waals surface area contributed by atoms with Crippen LogP contribution in [0.15, 0.2) is 36.4 Å². The van der Waals surface area contributed by atoms with Crippen LogP contribution >= 0.6 is 0 Å². The van der Waals surface area contributed by atoms with Gasteiger partial charge in [-0.15, -0.1) is 0 Å². The molecule has 1 aliphatic rings. The van der Waals surface area contributed by atoms with E-state index in [1.54, 1.807) is 24.3 Å². The Hall–Kier alpha value is -1.94. The maximum atomic E-state index is 11.9. The first-order valence-corrected chi connectivity index (χ1v) is 5.38. The summed E-state index contributed by atoms with van der Waals surface area (Å²) < 4.78 is 0. The predicted molar refractivity (Wildman–Crippen MR) is 62.7 cm³/mol. The molecule has 0 fully saturated rings. The van der Waals surface area contributed by atoms with E-state index in [-0.39, 0.29) is 25.0 Å². The molecule has 1 heterocycles. The van der Waals surface area contributed by atoms with Gasteiger partial charge >= 0.3 is 0 Å². The van der Waals surface area contributed by atoms with E-state index in [0.717, 1.165) is 0 Å². The van der Waals surface area contributed by atoms with E-state index >= 15 is 0 Å². The summed E-state index contributed by atoms with van der Waals surface area (Å²) in [5, 5.41) is 8.77. The van der Waals surface area contributed by atoms with E-state index in [9.17, 15) is 9.59 Å². The van der Waals surface area contributed by atoms with E-state index in [1.807, 2.05) is 0 Å². The average molecular weight is 231 g/mol. The van der Waals surface area contributed by atoms with Crippen LogP contribution in [0.5, 0.6) is 0 Å². The van der Waals surface area contributed by atoms with E-state index in [1.165, 1.54) is 4.90 Å². The highest BCUT2D eigenvalue weighted by Crippen LogP contribution is 2.23. The van der Waals surface area contributed by atoms with E-state index in [4.69, 9.17) is 5.11 Å². The SMILES string of the molecule is C=C(CCO)CN1C(=O)c2ccccc2C1=O. The molecule has 17 heavy (non-hydrogen) atoms. The van der Waals surface area contributed by atoms with Crippen LogP contribution in [0.4, 0.5) is 0 Å². The van der Waals surface area contributed by atoms with Crippen molar-refractivity contribution in [3.8, 4) is 0 Å². The fourth-order valence-corrected chi connectivity index (χ4v) is 1.84. The predicted octanol–water partition coefficient (Wildman–Crippen LogP) is 1.22. The van der Waals surface area contributed by atoms with Crippen molar-refractivity contribution in [2.45, 2.75) is 6.42 Å². The lowest BCUT2D eigenvalue weighted by Crippen LogP contribution is -2.31. The molecule has 0 aliphatic carbocycles. The summed E-state index contributed by atoms with van der Waals surface area (Å²) in [5.74, 6) is -0.575. The summed E-state index contributed by atoms with van der Waals surface area (Å²) in [6.07, 6.45) is 0.396. The number of carbonyl (C=O) groups excluding carboxylic acids is 2. The molecule has 1 aliphatic heterocycles. The minimum absolute atomic E-state index is 0.0258. The molecule has 0 saturated carbocycles. The number of hydrogen-bond acceptors (Lipinski definition) is 3. The van der Waals surface area contributed by atoms with Gasteiger partial charge in [0.05, 0.1) is 17.7 Å². The molecule has 0 aromatic heterocycles. The highest BCUT2D eigenvalue weighted by molar-refractivity contribution is 6.21. The molecule has 0 saturated heterocycles. The lowest BCUT2D eigenvalue weighted by atomic mass is 10.1. The standard InChI is InChI=1S/C13H13NO3/c1-9(6-7-15)8-14-12(16)10-4-2-3-5-11(10)13(14)17/h2-5,15H,1,6-8H2. The molecule has 2 rings (SSSR count). The Kier molecular flexibility index (Phi) is 3.06. The van der Waals surface area contributed by atoms with Crippen LogP contribution in [0.2, 0.25) is 0 Å². The lowest BCUT2D eigenvalue weighted by molar-refractivity contribution is 0.0666. The molecular formula is C13H13NO3. The molecule has 0 unspecified atom stereocenters. The zero-order chi connectivity index (χ0) is 12.4. The third-order valence-corrected chi connectivity index (χ3v) is 2.73. The lowest BCUT2D eigenvalue weighted by Gasteiger charge is -2.14. The number of aliphatic hydroxyl groups is 1. The first kappa shape index (κ1) is 11.5. The van der Waals surface area contributed by atoms with Gasteiger partial charge in [-0.1, -0.05) is 24.3 Å². The van der Waals surface area contributed by atoms with Crippen molar-refractivity contribution >= 4 is 11.8 Å². The normalized spacial score (nSPS) is 14.1.